The second kappa shape index (κ2) is 10.1. The summed E-state index contributed by atoms with van der Waals surface area (Å²) in [6.45, 7) is 0. The zero-order valence-electron chi connectivity index (χ0n) is 23.0. The normalized spacial score (nSPS) is 14.9. The van der Waals surface area contributed by atoms with Gasteiger partial charge >= 0.3 is 0 Å². The van der Waals surface area contributed by atoms with Crippen LogP contribution in [-0.2, 0) is 0 Å². The van der Waals surface area contributed by atoms with Crippen molar-refractivity contribution in [1.82, 2.24) is 9.97 Å². The lowest BCUT2D eigenvalue weighted by molar-refractivity contribution is 0.863. The first-order chi connectivity index (χ1) is 20.8. The summed E-state index contributed by atoms with van der Waals surface area (Å²) >= 11 is 0. The molecule has 0 saturated carbocycles. The first-order valence-corrected chi connectivity index (χ1v) is 14.3. The number of benzene rings is 4. The van der Waals surface area contributed by atoms with Gasteiger partial charge in [0.05, 0.1) is 0 Å². The average Bonchev–Trinajstić information content (AvgIpc) is 3.09. The first-order valence-electron chi connectivity index (χ1n) is 14.3. The molecule has 42 heavy (non-hydrogen) atoms. The molecule has 196 valence electrons. The predicted octanol–water partition coefficient (Wildman–Crippen LogP) is 9.86. The molecule has 1 unspecified atom stereocenters. The number of hydrogen-bond donors (Lipinski definition) is 0. The molecule has 0 spiro atoms. The third kappa shape index (κ3) is 4.15. The van der Waals surface area contributed by atoms with E-state index in [9.17, 15) is 0 Å². The standard InChI is InChI=1S/C40H26N2/c1-2-12-34(32-22-30(28-9-7-19-41-25-28)21-31(23-32)29-10-8-20-42-26-29)33(11-1)27-17-18-39-37-15-4-3-13-35(37)36-14-5-6-16-38(36)40(39)24-27/h1,3-11,13-22,24-26,31H,23H2. The number of rotatable bonds is 4. The van der Waals surface area contributed by atoms with Crippen LogP contribution in [0.5, 0.6) is 0 Å². The molecule has 2 aromatic heterocycles. The van der Waals surface area contributed by atoms with Crippen molar-refractivity contribution in [3.8, 4) is 11.1 Å². The Morgan fingerprint density at radius 1 is 0.619 bits per heavy atom. The number of allylic oxidation sites excluding steroid dienone is 4. The number of nitrogens with zero attached hydrogens (tertiary/aromatic N) is 2. The van der Waals surface area contributed by atoms with E-state index in [0.717, 1.165) is 28.7 Å². The molecule has 7 aromatic rings. The molecule has 0 amide bonds. The van der Waals surface area contributed by atoms with Gasteiger partial charge in [-0.25, -0.2) is 0 Å². The second-order valence-electron chi connectivity index (χ2n) is 10.9. The van der Waals surface area contributed by atoms with E-state index in [1.54, 1.807) is 0 Å². The minimum Gasteiger partial charge on any atom is -0.264 e. The van der Waals surface area contributed by atoms with Gasteiger partial charge in [-0.1, -0.05) is 97.1 Å². The largest absolute Gasteiger partial charge is 0.264 e. The number of pyridine rings is 2. The van der Waals surface area contributed by atoms with Crippen molar-refractivity contribution in [2.75, 3.05) is 0 Å². The lowest BCUT2D eigenvalue weighted by Crippen LogP contribution is -2.05. The van der Waals surface area contributed by atoms with Crippen LogP contribution in [0.2, 0.25) is 0 Å². The lowest BCUT2D eigenvalue weighted by Gasteiger charge is -2.23. The molecule has 2 nitrogen and oxygen atoms in total. The van der Waals surface area contributed by atoms with Gasteiger partial charge < -0.3 is 0 Å². The van der Waals surface area contributed by atoms with Crippen molar-refractivity contribution in [2.45, 2.75) is 12.3 Å². The quantitative estimate of drug-likeness (QED) is 0.210. The number of aromatic nitrogens is 2. The summed E-state index contributed by atoms with van der Waals surface area (Å²) < 4.78 is 0. The molecular formula is C40H26N2. The molecule has 0 N–H and O–H groups in total. The summed E-state index contributed by atoms with van der Waals surface area (Å²) in [5.41, 5.74) is 8.14. The van der Waals surface area contributed by atoms with Crippen molar-refractivity contribution >= 4 is 43.5 Å². The minimum absolute atomic E-state index is 0.197. The van der Waals surface area contributed by atoms with Crippen molar-refractivity contribution in [1.29, 1.82) is 0 Å². The van der Waals surface area contributed by atoms with E-state index in [0.29, 0.717) is 0 Å². The van der Waals surface area contributed by atoms with Crippen LogP contribution in [0.4, 0.5) is 0 Å². The SMILES string of the molecule is c1ccc(-c2ccc3c4ccccc4c4ccccc4c3c2)c(C2=CC(c3cccnc3)=CC(c3cccnc3)C2)c#1. The molecular weight excluding hydrogens is 508 g/mol. The van der Waals surface area contributed by atoms with Crippen LogP contribution in [0.3, 0.4) is 0 Å². The topological polar surface area (TPSA) is 25.8 Å². The number of fused-ring (bicyclic) bond motifs is 6. The number of hydrogen-bond acceptors (Lipinski definition) is 2. The van der Waals surface area contributed by atoms with Crippen LogP contribution in [0.1, 0.15) is 29.0 Å². The van der Waals surface area contributed by atoms with E-state index in [4.69, 9.17) is 0 Å². The Labute approximate surface area is 245 Å². The highest BCUT2D eigenvalue weighted by Crippen LogP contribution is 2.42. The maximum absolute atomic E-state index is 4.42. The Hall–Kier alpha value is -5.52. The Morgan fingerprint density at radius 3 is 2.00 bits per heavy atom. The summed E-state index contributed by atoms with van der Waals surface area (Å²) in [6, 6.07) is 43.6. The molecule has 0 saturated heterocycles. The lowest BCUT2D eigenvalue weighted by atomic mass is 9.80. The van der Waals surface area contributed by atoms with Crippen molar-refractivity contribution < 1.29 is 0 Å². The van der Waals surface area contributed by atoms with Gasteiger partial charge in [-0.3, -0.25) is 9.97 Å². The highest BCUT2D eigenvalue weighted by molar-refractivity contribution is 6.25. The molecule has 0 radical (unpaired) electrons. The van der Waals surface area contributed by atoms with Crippen LogP contribution >= 0.6 is 0 Å². The van der Waals surface area contributed by atoms with Gasteiger partial charge in [0.25, 0.3) is 0 Å². The molecule has 0 aliphatic heterocycles. The van der Waals surface area contributed by atoms with Gasteiger partial charge in [0.15, 0.2) is 0 Å². The third-order valence-electron chi connectivity index (χ3n) is 8.43. The fraction of sp³-hybridized carbons (Fsp3) is 0.0500. The van der Waals surface area contributed by atoms with Crippen LogP contribution in [0.15, 0.2) is 140 Å². The van der Waals surface area contributed by atoms with Gasteiger partial charge in [-0.05, 0) is 102 Å². The molecule has 2 heteroatoms. The Bertz CT molecular complexity index is 2120. The fourth-order valence-electron chi connectivity index (χ4n) is 6.46. The van der Waals surface area contributed by atoms with Gasteiger partial charge in [-0.2, -0.15) is 0 Å². The Kier molecular flexibility index (Phi) is 5.87. The minimum atomic E-state index is 0.197. The molecule has 0 fully saturated rings. The summed E-state index contributed by atoms with van der Waals surface area (Å²) in [6.07, 6.45) is 13.1. The Balaban J connectivity index is 1.31. The van der Waals surface area contributed by atoms with Crippen LogP contribution in [-0.4, -0.2) is 9.97 Å². The smallest absolute Gasteiger partial charge is 0.0360 e. The molecule has 5 aromatic carbocycles. The molecule has 1 aliphatic carbocycles. The summed E-state index contributed by atoms with van der Waals surface area (Å²) in [7, 11) is 0. The summed E-state index contributed by atoms with van der Waals surface area (Å²) in [5.74, 6) is 0.197. The highest BCUT2D eigenvalue weighted by atomic mass is 14.6. The van der Waals surface area contributed by atoms with Crippen molar-refractivity contribution in [2.24, 2.45) is 0 Å². The summed E-state index contributed by atoms with van der Waals surface area (Å²) in [5, 5.41) is 7.67. The fourth-order valence-corrected chi connectivity index (χ4v) is 6.46. The zero-order valence-corrected chi connectivity index (χ0v) is 23.0. The molecule has 1 aliphatic rings. The van der Waals surface area contributed by atoms with Gasteiger partial charge in [0.1, 0.15) is 0 Å². The van der Waals surface area contributed by atoms with E-state index in [-0.39, 0.29) is 5.92 Å². The van der Waals surface area contributed by atoms with Gasteiger partial charge in [0, 0.05) is 36.3 Å². The third-order valence-corrected chi connectivity index (χ3v) is 8.43. The second-order valence-corrected chi connectivity index (χ2v) is 10.9. The van der Waals surface area contributed by atoms with E-state index in [1.165, 1.54) is 49.0 Å². The van der Waals surface area contributed by atoms with E-state index in [1.807, 2.05) is 43.0 Å². The molecule has 1 atom stereocenters. The first kappa shape index (κ1) is 24.3. The highest BCUT2D eigenvalue weighted by Gasteiger charge is 2.22. The van der Waals surface area contributed by atoms with E-state index < -0.39 is 0 Å². The molecule has 0 bridgehead atoms. The Morgan fingerprint density at radius 2 is 1.31 bits per heavy atom. The van der Waals surface area contributed by atoms with Crippen LogP contribution in [0, 0.1) is 12.1 Å². The zero-order chi connectivity index (χ0) is 27.9. The molecule has 8 rings (SSSR count). The van der Waals surface area contributed by atoms with Crippen molar-refractivity contribution in [3.63, 3.8) is 0 Å². The van der Waals surface area contributed by atoms with Gasteiger partial charge in [-0.15, -0.1) is 0 Å². The van der Waals surface area contributed by atoms with Crippen molar-refractivity contribution in [3.05, 3.63) is 169 Å². The monoisotopic (exact) mass is 534 g/mol. The maximum Gasteiger partial charge on any atom is 0.0360 e. The predicted molar refractivity (Wildman–Crippen MR) is 174 cm³/mol. The van der Waals surface area contributed by atoms with Crippen LogP contribution < -0.4 is 0 Å². The molecule has 2 heterocycles. The summed E-state index contributed by atoms with van der Waals surface area (Å²) in [4.78, 5) is 8.82. The van der Waals surface area contributed by atoms with E-state index in [2.05, 4.69) is 119 Å². The van der Waals surface area contributed by atoms with Gasteiger partial charge in [0.2, 0.25) is 0 Å². The van der Waals surface area contributed by atoms with E-state index >= 15 is 0 Å². The average molecular weight is 535 g/mol. The van der Waals surface area contributed by atoms with Crippen LogP contribution in [0.25, 0.3) is 54.6 Å². The maximum atomic E-state index is 4.42.